The highest BCUT2D eigenvalue weighted by Crippen LogP contribution is 2.29. The van der Waals surface area contributed by atoms with E-state index in [2.05, 4.69) is 11.0 Å². The largest absolute Gasteiger partial charge is 0.487 e. The molecule has 2 aromatic carbocycles. The number of halogens is 1. The van der Waals surface area contributed by atoms with Gasteiger partial charge in [-0.05, 0) is 48.7 Å². The van der Waals surface area contributed by atoms with Crippen molar-refractivity contribution in [3.05, 3.63) is 65.2 Å². The molecule has 0 atom stereocenters. The number of benzene rings is 2. The normalized spacial score (nSPS) is 15.0. The predicted molar refractivity (Wildman–Crippen MR) is 112 cm³/mol. The number of carbonyl (C=O) groups excluding carboxylic acids is 1. The number of primary amides is 1. The number of amides is 1. The molecule has 0 aliphatic carbocycles. The summed E-state index contributed by atoms with van der Waals surface area (Å²) in [5, 5.41) is 1.72. The molecule has 0 saturated carbocycles. The summed E-state index contributed by atoms with van der Waals surface area (Å²) in [6.45, 7) is 1.98. The molecule has 1 saturated heterocycles. The van der Waals surface area contributed by atoms with Crippen molar-refractivity contribution in [2.45, 2.75) is 19.4 Å². The van der Waals surface area contributed by atoms with Gasteiger partial charge in [-0.1, -0.05) is 35.9 Å². The number of nitrogens with zero attached hydrogens (tertiary/aromatic N) is 2. The highest BCUT2D eigenvalue weighted by atomic mass is 35.5. The van der Waals surface area contributed by atoms with Crippen molar-refractivity contribution in [2.75, 3.05) is 18.0 Å². The lowest BCUT2D eigenvalue weighted by atomic mass is 9.96. The number of para-hydroxylation sites is 1. The molecule has 4 rings (SSSR count). The van der Waals surface area contributed by atoms with Crippen molar-refractivity contribution in [1.82, 2.24) is 4.98 Å². The van der Waals surface area contributed by atoms with Crippen LogP contribution in [0.1, 0.15) is 18.4 Å². The minimum absolute atomic E-state index is 0.0340. The molecule has 144 valence electrons. The van der Waals surface area contributed by atoms with Crippen LogP contribution in [-0.2, 0) is 11.4 Å². The molecule has 1 amide bonds. The number of ether oxygens (including phenoxy) is 1. The van der Waals surface area contributed by atoms with Gasteiger partial charge in [-0.25, -0.2) is 4.98 Å². The van der Waals surface area contributed by atoms with Crippen LogP contribution < -0.4 is 15.4 Å². The summed E-state index contributed by atoms with van der Waals surface area (Å²) in [4.78, 5) is 18.4. The topological polar surface area (TPSA) is 68.5 Å². The number of pyridine rings is 1. The molecule has 1 aliphatic rings. The maximum Gasteiger partial charge on any atom is 0.220 e. The molecule has 6 heteroatoms. The van der Waals surface area contributed by atoms with Gasteiger partial charge in [-0.2, -0.15) is 0 Å². The first-order valence-electron chi connectivity index (χ1n) is 9.41. The molecule has 1 aliphatic heterocycles. The number of hydrogen-bond acceptors (Lipinski definition) is 4. The second kappa shape index (κ2) is 8.07. The Kier molecular flexibility index (Phi) is 5.35. The highest BCUT2D eigenvalue weighted by Gasteiger charge is 2.24. The Bertz CT molecular complexity index is 1000. The number of anilines is 1. The lowest BCUT2D eigenvalue weighted by molar-refractivity contribution is -0.122. The average Bonchev–Trinajstić information content (AvgIpc) is 2.72. The van der Waals surface area contributed by atoms with E-state index in [1.54, 1.807) is 0 Å². The second-order valence-electron chi connectivity index (χ2n) is 7.08. The Morgan fingerprint density at radius 1 is 1.14 bits per heavy atom. The van der Waals surface area contributed by atoms with Crippen LogP contribution in [0.3, 0.4) is 0 Å². The molecule has 2 heterocycles. The Balaban J connectivity index is 1.55. The van der Waals surface area contributed by atoms with Crippen LogP contribution in [0.25, 0.3) is 10.9 Å². The van der Waals surface area contributed by atoms with Crippen LogP contribution in [0, 0.1) is 5.92 Å². The van der Waals surface area contributed by atoms with Gasteiger partial charge in [0.15, 0.2) is 0 Å². The summed E-state index contributed by atoms with van der Waals surface area (Å²) in [6, 6.07) is 17.6. The van der Waals surface area contributed by atoms with Crippen molar-refractivity contribution >= 4 is 34.2 Å². The van der Waals surface area contributed by atoms with Gasteiger partial charge < -0.3 is 15.4 Å². The van der Waals surface area contributed by atoms with Gasteiger partial charge in [0.2, 0.25) is 5.91 Å². The van der Waals surface area contributed by atoms with Crippen LogP contribution >= 0.6 is 11.6 Å². The lowest BCUT2D eigenvalue weighted by Crippen LogP contribution is -2.38. The first-order valence-corrected chi connectivity index (χ1v) is 9.79. The zero-order valence-electron chi connectivity index (χ0n) is 15.5. The third-order valence-electron chi connectivity index (χ3n) is 5.17. The number of rotatable bonds is 5. The molecule has 5 nitrogen and oxygen atoms in total. The van der Waals surface area contributed by atoms with Crippen molar-refractivity contribution in [3.8, 4) is 5.75 Å². The minimum Gasteiger partial charge on any atom is -0.487 e. The van der Waals surface area contributed by atoms with E-state index >= 15 is 0 Å². The van der Waals surface area contributed by atoms with Gasteiger partial charge in [0, 0.05) is 29.4 Å². The Morgan fingerprint density at radius 3 is 2.68 bits per heavy atom. The number of nitrogens with two attached hydrogens (primary N) is 1. The van der Waals surface area contributed by atoms with E-state index in [1.807, 2.05) is 48.5 Å². The van der Waals surface area contributed by atoms with E-state index in [9.17, 15) is 4.79 Å². The standard InChI is InChI=1S/C22H22ClN3O2/c23-18-5-1-3-15(13-18)14-28-19-6-2-4-16-7-8-20(25-21(16)19)26-11-9-17(10-12-26)22(24)27/h1-8,13,17H,9-12,14H2,(H2,24,27). The zero-order valence-corrected chi connectivity index (χ0v) is 16.2. The Hall–Kier alpha value is -2.79. The first kappa shape index (κ1) is 18.6. The van der Waals surface area contributed by atoms with Crippen molar-refractivity contribution in [1.29, 1.82) is 0 Å². The fourth-order valence-corrected chi connectivity index (χ4v) is 3.80. The summed E-state index contributed by atoms with van der Waals surface area (Å²) in [6.07, 6.45) is 1.53. The van der Waals surface area contributed by atoms with E-state index < -0.39 is 0 Å². The monoisotopic (exact) mass is 395 g/mol. The third-order valence-corrected chi connectivity index (χ3v) is 5.41. The number of carbonyl (C=O) groups is 1. The van der Waals surface area contributed by atoms with Gasteiger partial charge in [0.1, 0.15) is 23.7 Å². The molecule has 3 aromatic rings. The summed E-state index contributed by atoms with van der Waals surface area (Å²) in [5.41, 5.74) is 7.28. The van der Waals surface area contributed by atoms with Gasteiger partial charge in [-0.15, -0.1) is 0 Å². The van der Waals surface area contributed by atoms with Gasteiger partial charge in [0.25, 0.3) is 0 Å². The molecular weight excluding hydrogens is 374 g/mol. The fraction of sp³-hybridized carbons (Fsp3) is 0.273. The molecule has 1 aromatic heterocycles. The quantitative estimate of drug-likeness (QED) is 0.704. The number of hydrogen-bond donors (Lipinski definition) is 1. The molecule has 0 bridgehead atoms. The van der Waals surface area contributed by atoms with Crippen LogP contribution in [0.2, 0.25) is 5.02 Å². The number of aromatic nitrogens is 1. The summed E-state index contributed by atoms with van der Waals surface area (Å²) < 4.78 is 6.05. The van der Waals surface area contributed by atoms with Crippen LogP contribution in [0.15, 0.2) is 54.6 Å². The second-order valence-corrected chi connectivity index (χ2v) is 7.52. The van der Waals surface area contributed by atoms with Crippen LogP contribution in [-0.4, -0.2) is 24.0 Å². The average molecular weight is 396 g/mol. The maximum absolute atomic E-state index is 11.4. The number of piperidine rings is 1. The van der Waals surface area contributed by atoms with Gasteiger partial charge >= 0.3 is 0 Å². The zero-order chi connectivity index (χ0) is 19.5. The van der Waals surface area contributed by atoms with E-state index in [1.165, 1.54) is 0 Å². The Morgan fingerprint density at radius 2 is 1.93 bits per heavy atom. The molecule has 2 N–H and O–H groups in total. The van der Waals surface area contributed by atoms with E-state index in [0.29, 0.717) is 11.6 Å². The number of fused-ring (bicyclic) bond motifs is 1. The van der Waals surface area contributed by atoms with Crippen LogP contribution in [0.4, 0.5) is 5.82 Å². The van der Waals surface area contributed by atoms with E-state index in [0.717, 1.165) is 54.0 Å². The third kappa shape index (κ3) is 4.04. The van der Waals surface area contributed by atoms with Gasteiger partial charge in [0.05, 0.1) is 0 Å². The molecule has 28 heavy (non-hydrogen) atoms. The highest BCUT2D eigenvalue weighted by molar-refractivity contribution is 6.30. The summed E-state index contributed by atoms with van der Waals surface area (Å²) in [5.74, 6) is 1.40. The predicted octanol–water partition coefficient (Wildman–Crippen LogP) is 4.17. The van der Waals surface area contributed by atoms with Crippen molar-refractivity contribution in [3.63, 3.8) is 0 Å². The summed E-state index contributed by atoms with van der Waals surface area (Å²) >= 11 is 6.06. The van der Waals surface area contributed by atoms with E-state index in [4.69, 9.17) is 27.1 Å². The molecular formula is C22H22ClN3O2. The lowest BCUT2D eigenvalue weighted by Gasteiger charge is -2.31. The smallest absolute Gasteiger partial charge is 0.220 e. The first-order chi connectivity index (χ1) is 13.6. The SMILES string of the molecule is NC(=O)C1CCN(c2ccc3cccc(OCc4cccc(Cl)c4)c3n2)CC1. The Labute approximate surface area is 169 Å². The molecule has 0 unspecified atom stereocenters. The van der Waals surface area contributed by atoms with Gasteiger partial charge in [-0.3, -0.25) is 4.79 Å². The van der Waals surface area contributed by atoms with E-state index in [-0.39, 0.29) is 11.8 Å². The molecule has 0 spiro atoms. The van der Waals surface area contributed by atoms with Crippen molar-refractivity contribution < 1.29 is 9.53 Å². The minimum atomic E-state index is -0.206. The fourth-order valence-electron chi connectivity index (χ4n) is 3.58. The molecule has 0 radical (unpaired) electrons. The maximum atomic E-state index is 11.4. The van der Waals surface area contributed by atoms with Crippen molar-refractivity contribution in [2.24, 2.45) is 11.7 Å². The van der Waals surface area contributed by atoms with Crippen LogP contribution in [0.5, 0.6) is 5.75 Å². The summed E-state index contributed by atoms with van der Waals surface area (Å²) in [7, 11) is 0. The molecule has 1 fully saturated rings.